The van der Waals surface area contributed by atoms with Gasteiger partial charge in [-0.05, 0) is 29.8 Å². The van der Waals surface area contributed by atoms with E-state index in [2.05, 4.69) is 4.74 Å². The molecule has 1 aromatic carbocycles. The van der Waals surface area contributed by atoms with Crippen molar-refractivity contribution in [2.75, 3.05) is 7.11 Å². The molecule has 0 saturated heterocycles. The van der Waals surface area contributed by atoms with Gasteiger partial charge in [0.1, 0.15) is 11.5 Å². The van der Waals surface area contributed by atoms with Crippen LogP contribution in [0.3, 0.4) is 0 Å². The minimum absolute atomic E-state index is 0.0825. The average Bonchev–Trinajstić information content (AvgIpc) is 2.91. The maximum absolute atomic E-state index is 11.7. The van der Waals surface area contributed by atoms with Crippen LogP contribution in [0.1, 0.15) is 25.6 Å². The Morgan fingerprint density at radius 1 is 1.20 bits per heavy atom. The van der Waals surface area contributed by atoms with Crippen LogP contribution in [0, 0.1) is 0 Å². The number of benzene rings is 1. The Balaban J connectivity index is 2.00. The number of carbonyl (C=O) groups is 2. The summed E-state index contributed by atoms with van der Waals surface area (Å²) >= 11 is 6.91. The second-order valence-electron chi connectivity index (χ2n) is 3.87. The van der Waals surface area contributed by atoms with Gasteiger partial charge in [0.15, 0.2) is 0 Å². The van der Waals surface area contributed by atoms with E-state index >= 15 is 0 Å². The lowest BCUT2D eigenvalue weighted by Gasteiger charge is -2.05. The largest absolute Gasteiger partial charge is 0.465 e. The smallest absolute Gasteiger partial charge is 0.348 e. The van der Waals surface area contributed by atoms with Gasteiger partial charge >= 0.3 is 11.9 Å². The fourth-order valence-electron chi connectivity index (χ4n) is 1.55. The Labute approximate surface area is 124 Å². The van der Waals surface area contributed by atoms with Gasteiger partial charge in [-0.25, -0.2) is 9.59 Å². The number of hydrogen-bond donors (Lipinski definition) is 0. The van der Waals surface area contributed by atoms with E-state index in [0.29, 0.717) is 20.3 Å². The molecule has 0 bridgehead atoms. The molecule has 4 nitrogen and oxygen atoms in total. The van der Waals surface area contributed by atoms with Crippen molar-refractivity contribution in [3.8, 4) is 0 Å². The van der Waals surface area contributed by atoms with E-state index in [1.54, 1.807) is 36.4 Å². The first-order valence-electron chi connectivity index (χ1n) is 5.70. The third-order valence-corrected chi connectivity index (χ3v) is 3.70. The second kappa shape index (κ2) is 6.54. The molecule has 0 fully saturated rings. The summed E-state index contributed by atoms with van der Waals surface area (Å²) in [5.74, 6) is -0.867. The summed E-state index contributed by atoms with van der Waals surface area (Å²) in [7, 11) is 1.32. The standard InChI is InChI=1S/C14H11ClO4S/c1-18-13(16)10-4-2-3-9(7-10)8-19-14(17)11-5-6-12(15)20-11/h2-7H,8H2,1H3. The third-order valence-electron chi connectivity index (χ3n) is 2.49. The first-order valence-corrected chi connectivity index (χ1v) is 6.89. The molecule has 0 aliphatic heterocycles. The Morgan fingerprint density at radius 3 is 2.65 bits per heavy atom. The first kappa shape index (κ1) is 14.6. The molecule has 0 N–H and O–H groups in total. The van der Waals surface area contributed by atoms with Gasteiger partial charge in [0, 0.05) is 0 Å². The molecule has 0 aliphatic rings. The van der Waals surface area contributed by atoms with Crippen LogP contribution in [0.25, 0.3) is 0 Å². The van der Waals surface area contributed by atoms with Gasteiger partial charge < -0.3 is 9.47 Å². The van der Waals surface area contributed by atoms with E-state index in [4.69, 9.17) is 16.3 Å². The van der Waals surface area contributed by atoms with Crippen LogP contribution in [-0.2, 0) is 16.1 Å². The molecule has 6 heteroatoms. The van der Waals surface area contributed by atoms with Gasteiger partial charge in [0.2, 0.25) is 0 Å². The summed E-state index contributed by atoms with van der Waals surface area (Å²) < 4.78 is 10.3. The van der Waals surface area contributed by atoms with Gasteiger partial charge in [-0.2, -0.15) is 0 Å². The lowest BCUT2D eigenvalue weighted by molar-refractivity contribution is 0.0478. The molecule has 0 atom stereocenters. The lowest BCUT2D eigenvalue weighted by Crippen LogP contribution is -2.05. The topological polar surface area (TPSA) is 52.6 Å². The van der Waals surface area contributed by atoms with Crippen molar-refractivity contribution < 1.29 is 19.1 Å². The molecule has 0 amide bonds. The minimum Gasteiger partial charge on any atom is -0.465 e. The summed E-state index contributed by atoms with van der Waals surface area (Å²) in [5.41, 5.74) is 1.13. The predicted octanol–water partition coefficient (Wildman–Crippen LogP) is 3.55. The number of methoxy groups -OCH3 is 1. The molecule has 0 unspecified atom stereocenters. The zero-order valence-corrected chi connectivity index (χ0v) is 12.2. The summed E-state index contributed by atoms with van der Waals surface area (Å²) in [5, 5.41) is 0. The SMILES string of the molecule is COC(=O)c1cccc(COC(=O)c2ccc(Cl)s2)c1. The number of carbonyl (C=O) groups excluding carboxylic acids is 2. The van der Waals surface area contributed by atoms with E-state index in [1.807, 2.05) is 0 Å². The van der Waals surface area contributed by atoms with Crippen molar-refractivity contribution in [1.82, 2.24) is 0 Å². The third kappa shape index (κ3) is 3.59. The molecule has 1 heterocycles. The molecule has 0 saturated carbocycles. The van der Waals surface area contributed by atoms with E-state index in [9.17, 15) is 9.59 Å². The monoisotopic (exact) mass is 310 g/mol. The van der Waals surface area contributed by atoms with Crippen LogP contribution in [0.2, 0.25) is 4.34 Å². The summed E-state index contributed by atoms with van der Waals surface area (Å²) in [6.45, 7) is 0.0825. The maximum atomic E-state index is 11.7. The fraction of sp³-hybridized carbons (Fsp3) is 0.143. The van der Waals surface area contributed by atoms with Crippen LogP contribution < -0.4 is 0 Å². The molecular weight excluding hydrogens is 300 g/mol. The number of hydrogen-bond acceptors (Lipinski definition) is 5. The zero-order valence-electron chi connectivity index (χ0n) is 10.6. The van der Waals surface area contributed by atoms with Crippen LogP contribution in [0.15, 0.2) is 36.4 Å². The second-order valence-corrected chi connectivity index (χ2v) is 5.59. The normalized spacial score (nSPS) is 10.1. The Kier molecular flexibility index (Phi) is 4.76. The molecule has 0 spiro atoms. The van der Waals surface area contributed by atoms with Gasteiger partial charge in [-0.15, -0.1) is 11.3 Å². The van der Waals surface area contributed by atoms with Gasteiger partial charge in [0.25, 0.3) is 0 Å². The van der Waals surface area contributed by atoms with E-state index in [0.717, 1.165) is 11.3 Å². The zero-order chi connectivity index (χ0) is 14.5. The first-order chi connectivity index (χ1) is 9.60. The fourth-order valence-corrected chi connectivity index (χ4v) is 2.49. The molecule has 2 rings (SSSR count). The van der Waals surface area contributed by atoms with Crippen LogP contribution in [0.5, 0.6) is 0 Å². The van der Waals surface area contributed by atoms with Crippen molar-refractivity contribution in [1.29, 1.82) is 0 Å². The average molecular weight is 311 g/mol. The van der Waals surface area contributed by atoms with Crippen molar-refractivity contribution >= 4 is 34.9 Å². The number of esters is 2. The van der Waals surface area contributed by atoms with Crippen LogP contribution in [0.4, 0.5) is 0 Å². The molecule has 0 radical (unpaired) electrons. The van der Waals surface area contributed by atoms with Crippen molar-refractivity contribution in [2.45, 2.75) is 6.61 Å². The molecule has 1 aromatic heterocycles. The predicted molar refractivity (Wildman–Crippen MR) is 76.2 cm³/mol. The van der Waals surface area contributed by atoms with Gasteiger partial charge in [-0.1, -0.05) is 23.7 Å². The number of rotatable bonds is 4. The molecule has 0 aliphatic carbocycles. The summed E-state index contributed by atoms with van der Waals surface area (Å²) in [4.78, 5) is 23.6. The van der Waals surface area contributed by atoms with E-state index in [-0.39, 0.29) is 6.61 Å². The highest BCUT2D eigenvalue weighted by molar-refractivity contribution is 7.17. The van der Waals surface area contributed by atoms with E-state index in [1.165, 1.54) is 7.11 Å². The highest BCUT2D eigenvalue weighted by atomic mass is 35.5. The summed E-state index contributed by atoms with van der Waals surface area (Å²) in [6.07, 6.45) is 0. The minimum atomic E-state index is -0.439. The van der Waals surface area contributed by atoms with Crippen molar-refractivity contribution in [3.05, 3.63) is 56.7 Å². The number of halogens is 1. The quantitative estimate of drug-likeness (QED) is 0.810. The van der Waals surface area contributed by atoms with E-state index < -0.39 is 11.9 Å². The Morgan fingerprint density at radius 2 is 2.00 bits per heavy atom. The Bertz CT molecular complexity index is 636. The lowest BCUT2D eigenvalue weighted by atomic mass is 10.1. The van der Waals surface area contributed by atoms with Gasteiger partial charge in [-0.3, -0.25) is 0 Å². The molecular formula is C14H11ClO4S. The number of ether oxygens (including phenoxy) is 2. The molecule has 104 valence electrons. The highest BCUT2D eigenvalue weighted by Gasteiger charge is 2.11. The highest BCUT2D eigenvalue weighted by Crippen LogP contribution is 2.22. The van der Waals surface area contributed by atoms with Crippen molar-refractivity contribution in [2.24, 2.45) is 0 Å². The van der Waals surface area contributed by atoms with Crippen molar-refractivity contribution in [3.63, 3.8) is 0 Å². The Hall–Kier alpha value is -1.85. The van der Waals surface area contributed by atoms with Crippen LogP contribution >= 0.6 is 22.9 Å². The summed E-state index contributed by atoms with van der Waals surface area (Å²) in [6, 6.07) is 9.98. The number of thiophene rings is 1. The van der Waals surface area contributed by atoms with Crippen LogP contribution in [-0.4, -0.2) is 19.0 Å². The molecule has 2 aromatic rings. The maximum Gasteiger partial charge on any atom is 0.348 e. The molecule has 20 heavy (non-hydrogen) atoms. The van der Waals surface area contributed by atoms with Gasteiger partial charge in [0.05, 0.1) is 17.0 Å².